The Kier molecular flexibility index (Phi) is 2.70. The summed E-state index contributed by atoms with van der Waals surface area (Å²) in [6.07, 6.45) is -4.17. The Bertz CT molecular complexity index is 360. The van der Waals surface area contributed by atoms with Crippen LogP contribution in [0.1, 0.15) is 25.3 Å². The second-order valence-electron chi connectivity index (χ2n) is 4.21. The predicted molar refractivity (Wildman–Crippen MR) is 56.0 cm³/mol. The van der Waals surface area contributed by atoms with Gasteiger partial charge >= 0.3 is 6.18 Å². The molecule has 1 nitrogen and oxygen atoms in total. The number of rotatable bonds is 3. The minimum absolute atomic E-state index is 0.462. The third kappa shape index (κ3) is 2.07. The molecule has 1 N–H and O–H groups in total. The van der Waals surface area contributed by atoms with Crippen LogP contribution in [0.3, 0.4) is 0 Å². The molecule has 0 unspecified atom stereocenters. The second-order valence-corrected chi connectivity index (χ2v) is 4.21. The lowest BCUT2D eigenvalue weighted by Gasteiger charge is -2.14. The van der Waals surface area contributed by atoms with E-state index in [4.69, 9.17) is 0 Å². The van der Waals surface area contributed by atoms with Crippen LogP contribution in [0.4, 0.5) is 13.2 Å². The van der Waals surface area contributed by atoms with E-state index in [0.717, 1.165) is 5.56 Å². The van der Waals surface area contributed by atoms with Crippen molar-refractivity contribution in [1.82, 2.24) is 5.32 Å². The summed E-state index contributed by atoms with van der Waals surface area (Å²) in [5.41, 5.74) is 0.489. The summed E-state index contributed by atoms with van der Waals surface area (Å²) in [7, 11) is 0. The summed E-state index contributed by atoms with van der Waals surface area (Å²) in [5, 5.41) is 2.98. The summed E-state index contributed by atoms with van der Waals surface area (Å²) < 4.78 is 36.9. The highest BCUT2D eigenvalue weighted by Crippen LogP contribution is 2.45. The van der Waals surface area contributed by atoms with E-state index in [1.54, 1.807) is 0 Å². The Balaban J connectivity index is 2.14. The van der Waals surface area contributed by atoms with Gasteiger partial charge in [0.05, 0.1) is 12.0 Å². The topological polar surface area (TPSA) is 21.9 Å². The first-order chi connectivity index (χ1) is 7.48. The first-order valence-corrected chi connectivity index (χ1v) is 5.38. The van der Waals surface area contributed by atoms with E-state index >= 15 is 0 Å². The van der Waals surface area contributed by atoms with Crippen molar-refractivity contribution in [3.05, 3.63) is 35.9 Å². The monoisotopic (exact) mass is 229 g/mol. The molecule has 16 heavy (non-hydrogen) atoms. The average molecular weight is 229 g/mol. The van der Waals surface area contributed by atoms with Crippen LogP contribution in [-0.4, -0.2) is 12.2 Å². The van der Waals surface area contributed by atoms with Crippen molar-refractivity contribution < 1.29 is 13.2 Å². The molecule has 1 fully saturated rings. The van der Waals surface area contributed by atoms with Crippen LogP contribution in [0, 0.1) is 0 Å². The fraction of sp³-hybridized carbons (Fsp3) is 0.500. The van der Waals surface area contributed by atoms with Crippen molar-refractivity contribution in [2.24, 2.45) is 0 Å². The molecule has 0 bridgehead atoms. The minimum atomic E-state index is -4.09. The summed E-state index contributed by atoms with van der Waals surface area (Å²) in [4.78, 5) is 0. The summed E-state index contributed by atoms with van der Waals surface area (Å²) in [5.74, 6) is 0. The van der Waals surface area contributed by atoms with E-state index in [1.807, 2.05) is 37.3 Å². The molecule has 2 rings (SSSR count). The molecule has 0 amide bonds. The maximum absolute atomic E-state index is 12.3. The average Bonchev–Trinajstić information content (AvgIpc) is 2.91. The molecular formula is C12H14F3N. The van der Waals surface area contributed by atoms with Gasteiger partial charge in [-0.05, 0) is 12.0 Å². The van der Waals surface area contributed by atoms with E-state index in [2.05, 4.69) is 5.32 Å². The number of halogens is 3. The molecule has 0 aliphatic carbocycles. The van der Waals surface area contributed by atoms with Crippen molar-refractivity contribution in [3.63, 3.8) is 0 Å². The van der Waals surface area contributed by atoms with Crippen LogP contribution in [0.15, 0.2) is 30.3 Å². The van der Waals surface area contributed by atoms with E-state index in [1.165, 1.54) is 0 Å². The standard InChI is InChI=1S/C12H14F3N/c1-2-11(9-6-4-3-5-7-9)10(16-11)8-12(13,14)15/h3-7,10,16H,2,8H2,1H3/t10-,11+/m0/s1. The van der Waals surface area contributed by atoms with Gasteiger partial charge in [0, 0.05) is 6.04 Å². The maximum atomic E-state index is 12.3. The molecule has 1 aliphatic rings. The first-order valence-electron chi connectivity index (χ1n) is 5.38. The van der Waals surface area contributed by atoms with Crippen LogP contribution in [-0.2, 0) is 5.54 Å². The molecule has 1 heterocycles. The third-order valence-electron chi connectivity index (χ3n) is 3.23. The fourth-order valence-electron chi connectivity index (χ4n) is 2.30. The summed E-state index contributed by atoms with van der Waals surface area (Å²) >= 11 is 0. The quantitative estimate of drug-likeness (QED) is 0.790. The van der Waals surface area contributed by atoms with Crippen molar-refractivity contribution >= 4 is 0 Å². The Labute approximate surface area is 92.7 Å². The highest BCUT2D eigenvalue weighted by molar-refractivity contribution is 5.34. The molecule has 4 heteroatoms. The van der Waals surface area contributed by atoms with Crippen molar-refractivity contribution in [3.8, 4) is 0 Å². The SMILES string of the molecule is CC[C@]1(c2ccccc2)N[C@H]1CC(F)(F)F. The molecule has 2 atom stereocenters. The maximum Gasteiger partial charge on any atom is 0.390 e. The van der Waals surface area contributed by atoms with Gasteiger partial charge in [0.25, 0.3) is 0 Å². The van der Waals surface area contributed by atoms with Crippen molar-refractivity contribution in [2.75, 3.05) is 0 Å². The highest BCUT2D eigenvalue weighted by Gasteiger charge is 2.56. The van der Waals surface area contributed by atoms with Gasteiger partial charge in [-0.15, -0.1) is 0 Å². The molecular weight excluding hydrogens is 215 g/mol. The van der Waals surface area contributed by atoms with Gasteiger partial charge in [-0.25, -0.2) is 0 Å². The molecule has 1 aromatic rings. The van der Waals surface area contributed by atoms with Crippen LogP contribution >= 0.6 is 0 Å². The van der Waals surface area contributed by atoms with Crippen molar-refractivity contribution in [1.29, 1.82) is 0 Å². The number of alkyl halides is 3. The van der Waals surface area contributed by atoms with E-state index in [-0.39, 0.29) is 0 Å². The number of hydrogen-bond acceptors (Lipinski definition) is 1. The molecule has 1 aliphatic heterocycles. The largest absolute Gasteiger partial charge is 0.390 e. The molecule has 88 valence electrons. The molecule has 0 saturated carbocycles. The lowest BCUT2D eigenvalue weighted by Crippen LogP contribution is -2.18. The van der Waals surface area contributed by atoms with Gasteiger partial charge in [-0.3, -0.25) is 0 Å². The molecule has 0 spiro atoms. The normalized spacial score (nSPS) is 29.1. The Morgan fingerprint density at radius 1 is 1.25 bits per heavy atom. The molecule has 1 aromatic carbocycles. The van der Waals surface area contributed by atoms with Gasteiger partial charge in [0.2, 0.25) is 0 Å². The zero-order chi connectivity index (χ0) is 11.8. The molecule has 0 aromatic heterocycles. The zero-order valence-corrected chi connectivity index (χ0v) is 9.01. The van der Waals surface area contributed by atoms with Gasteiger partial charge in [0.15, 0.2) is 0 Å². The predicted octanol–water partition coefficient (Wildman–Crippen LogP) is 3.22. The van der Waals surface area contributed by atoms with Crippen LogP contribution < -0.4 is 5.32 Å². The van der Waals surface area contributed by atoms with E-state index in [9.17, 15) is 13.2 Å². The fourth-order valence-corrected chi connectivity index (χ4v) is 2.30. The lowest BCUT2D eigenvalue weighted by atomic mass is 9.91. The number of hydrogen-bond donors (Lipinski definition) is 1. The van der Waals surface area contributed by atoms with Gasteiger partial charge in [0.1, 0.15) is 0 Å². The molecule has 0 radical (unpaired) electrons. The highest BCUT2D eigenvalue weighted by atomic mass is 19.4. The van der Waals surface area contributed by atoms with Gasteiger partial charge < -0.3 is 5.32 Å². The van der Waals surface area contributed by atoms with Crippen LogP contribution in [0.25, 0.3) is 0 Å². The van der Waals surface area contributed by atoms with Crippen molar-refractivity contribution in [2.45, 2.75) is 37.5 Å². The van der Waals surface area contributed by atoms with E-state index < -0.39 is 24.2 Å². The Morgan fingerprint density at radius 3 is 2.38 bits per heavy atom. The number of nitrogens with one attached hydrogen (secondary N) is 1. The Morgan fingerprint density at radius 2 is 1.88 bits per heavy atom. The summed E-state index contributed by atoms with van der Waals surface area (Å²) in [6, 6.07) is 8.88. The second kappa shape index (κ2) is 3.77. The number of benzene rings is 1. The lowest BCUT2D eigenvalue weighted by molar-refractivity contribution is -0.135. The van der Waals surface area contributed by atoms with Crippen LogP contribution in [0.2, 0.25) is 0 Å². The van der Waals surface area contributed by atoms with Crippen LogP contribution in [0.5, 0.6) is 0 Å². The molecule has 1 saturated heterocycles. The van der Waals surface area contributed by atoms with E-state index in [0.29, 0.717) is 6.42 Å². The zero-order valence-electron chi connectivity index (χ0n) is 9.01. The Hall–Kier alpha value is -1.03. The summed E-state index contributed by atoms with van der Waals surface area (Å²) in [6.45, 7) is 1.91. The third-order valence-corrected chi connectivity index (χ3v) is 3.23. The minimum Gasteiger partial charge on any atom is -0.301 e. The smallest absolute Gasteiger partial charge is 0.301 e. The van der Waals surface area contributed by atoms with Gasteiger partial charge in [-0.2, -0.15) is 13.2 Å². The van der Waals surface area contributed by atoms with Gasteiger partial charge in [-0.1, -0.05) is 37.3 Å². The first kappa shape index (κ1) is 11.5.